The molecule has 0 amide bonds. The number of hydrogen-bond acceptors (Lipinski definition) is 4. The van der Waals surface area contributed by atoms with E-state index in [4.69, 9.17) is 0 Å². The van der Waals surface area contributed by atoms with E-state index in [1.165, 1.54) is 23.1 Å². The number of nitrogens with zero attached hydrogens (tertiary/aromatic N) is 3. The molecule has 1 fully saturated rings. The second kappa shape index (κ2) is 10.3. The van der Waals surface area contributed by atoms with E-state index >= 15 is 0 Å². The molecule has 0 aliphatic carbocycles. The molecule has 148 valence electrons. The van der Waals surface area contributed by atoms with Crippen LogP contribution in [0.5, 0.6) is 0 Å². The van der Waals surface area contributed by atoms with Gasteiger partial charge in [0.2, 0.25) is 0 Å². The summed E-state index contributed by atoms with van der Waals surface area (Å²) < 4.78 is 22.4. The Kier molecular flexibility index (Phi) is 9.15. The van der Waals surface area contributed by atoms with E-state index in [0.717, 1.165) is 32.1 Å². The van der Waals surface area contributed by atoms with Crippen molar-refractivity contribution < 1.29 is 8.42 Å². The van der Waals surface area contributed by atoms with Crippen molar-refractivity contribution in [2.75, 3.05) is 56.7 Å². The number of sulfone groups is 1. The minimum Gasteiger partial charge on any atom is -0.368 e. The lowest BCUT2D eigenvalue weighted by Gasteiger charge is -2.38. The summed E-state index contributed by atoms with van der Waals surface area (Å²) in [5.74, 6) is 1.06. The predicted molar refractivity (Wildman–Crippen MR) is 121 cm³/mol. The molecule has 0 spiro atoms. The Labute approximate surface area is 175 Å². The van der Waals surface area contributed by atoms with E-state index in [2.05, 4.69) is 52.2 Å². The average Bonchev–Trinajstić information content (AvgIpc) is 2.57. The molecule has 2 rings (SSSR count). The van der Waals surface area contributed by atoms with Crippen LogP contribution >= 0.6 is 24.0 Å². The third kappa shape index (κ3) is 6.61. The molecule has 1 saturated heterocycles. The molecular weight excluding hydrogens is 463 g/mol. The van der Waals surface area contributed by atoms with Gasteiger partial charge in [-0.2, -0.15) is 0 Å². The van der Waals surface area contributed by atoms with Gasteiger partial charge in [0.05, 0.1) is 5.75 Å². The molecule has 1 aromatic rings. The maximum Gasteiger partial charge on any atom is 0.193 e. The summed E-state index contributed by atoms with van der Waals surface area (Å²) in [6.07, 6.45) is 1.87. The van der Waals surface area contributed by atoms with Crippen molar-refractivity contribution in [3.05, 3.63) is 29.3 Å². The number of piperazine rings is 1. The summed E-state index contributed by atoms with van der Waals surface area (Å²) >= 11 is 0. The predicted octanol–water partition coefficient (Wildman–Crippen LogP) is 2.05. The molecule has 1 N–H and O–H groups in total. The standard InChI is InChI=1S/C18H30N4O2S.HI/c1-15-7-5-8-17(16(15)2)21-10-12-22(13-11-21)18(19-3)20-9-6-14-25(4,23)24;/h5,7-8H,6,9-14H2,1-4H3,(H,19,20);1H. The zero-order chi connectivity index (χ0) is 18.4. The van der Waals surface area contributed by atoms with Gasteiger partial charge in [0.1, 0.15) is 9.84 Å². The van der Waals surface area contributed by atoms with Crippen LogP contribution < -0.4 is 10.2 Å². The average molecular weight is 494 g/mol. The first-order valence-electron chi connectivity index (χ1n) is 8.76. The SMILES string of the molecule is CN=C(NCCCS(C)(=O)=O)N1CCN(c2cccc(C)c2C)CC1.I. The smallest absolute Gasteiger partial charge is 0.193 e. The Balaban J connectivity index is 0.00000338. The molecule has 0 unspecified atom stereocenters. The number of guanidine groups is 1. The minimum atomic E-state index is -2.90. The quantitative estimate of drug-likeness (QED) is 0.294. The molecule has 26 heavy (non-hydrogen) atoms. The Morgan fingerprint density at radius 1 is 1.19 bits per heavy atom. The van der Waals surface area contributed by atoms with Crippen LogP contribution in [0.3, 0.4) is 0 Å². The van der Waals surface area contributed by atoms with Crippen molar-refractivity contribution in [3.63, 3.8) is 0 Å². The van der Waals surface area contributed by atoms with Gasteiger partial charge in [-0.3, -0.25) is 4.99 Å². The zero-order valence-electron chi connectivity index (χ0n) is 16.2. The van der Waals surface area contributed by atoms with Crippen molar-refractivity contribution in [1.29, 1.82) is 0 Å². The molecule has 0 aromatic heterocycles. The Hall–Kier alpha value is -1.03. The van der Waals surface area contributed by atoms with Gasteiger partial charge in [0.25, 0.3) is 0 Å². The van der Waals surface area contributed by atoms with Crippen LogP contribution in [0.15, 0.2) is 23.2 Å². The summed E-state index contributed by atoms with van der Waals surface area (Å²) in [5, 5.41) is 3.28. The van der Waals surface area contributed by atoms with E-state index in [0.29, 0.717) is 13.0 Å². The molecule has 0 atom stereocenters. The van der Waals surface area contributed by atoms with Gasteiger partial charge >= 0.3 is 0 Å². The van der Waals surface area contributed by atoms with Gasteiger partial charge in [-0.1, -0.05) is 12.1 Å². The third-order valence-electron chi connectivity index (χ3n) is 4.68. The second-order valence-electron chi connectivity index (χ2n) is 6.65. The highest BCUT2D eigenvalue weighted by atomic mass is 127. The number of anilines is 1. The molecule has 0 radical (unpaired) electrons. The van der Waals surface area contributed by atoms with Crippen LogP contribution in [0.2, 0.25) is 0 Å². The van der Waals surface area contributed by atoms with Crippen molar-refractivity contribution in [2.24, 2.45) is 4.99 Å². The van der Waals surface area contributed by atoms with E-state index < -0.39 is 9.84 Å². The molecule has 1 aliphatic heterocycles. The highest BCUT2D eigenvalue weighted by Crippen LogP contribution is 2.23. The van der Waals surface area contributed by atoms with Crippen molar-refractivity contribution in [2.45, 2.75) is 20.3 Å². The first kappa shape index (κ1) is 23.0. The van der Waals surface area contributed by atoms with E-state index in [1.807, 2.05) is 0 Å². The molecule has 0 saturated carbocycles. The van der Waals surface area contributed by atoms with E-state index in [-0.39, 0.29) is 29.7 Å². The number of hydrogen-bond donors (Lipinski definition) is 1. The lowest BCUT2D eigenvalue weighted by atomic mass is 10.1. The minimum absolute atomic E-state index is 0. The van der Waals surface area contributed by atoms with Crippen molar-refractivity contribution in [3.8, 4) is 0 Å². The summed E-state index contributed by atoms with van der Waals surface area (Å²) in [7, 11) is -1.13. The maximum atomic E-state index is 11.2. The zero-order valence-corrected chi connectivity index (χ0v) is 19.3. The number of aliphatic imine (C=N–C) groups is 1. The van der Waals surface area contributed by atoms with Crippen LogP contribution in [0.25, 0.3) is 0 Å². The molecule has 0 bridgehead atoms. The number of nitrogens with one attached hydrogen (secondary N) is 1. The highest BCUT2D eigenvalue weighted by Gasteiger charge is 2.20. The number of rotatable bonds is 5. The van der Waals surface area contributed by atoms with Gasteiger partial charge in [-0.05, 0) is 37.5 Å². The Bertz CT molecular complexity index is 714. The monoisotopic (exact) mass is 494 g/mol. The van der Waals surface area contributed by atoms with Crippen LogP contribution in [0, 0.1) is 13.8 Å². The molecule has 1 aromatic carbocycles. The van der Waals surface area contributed by atoms with Gasteiger partial charge < -0.3 is 15.1 Å². The Morgan fingerprint density at radius 2 is 1.85 bits per heavy atom. The van der Waals surface area contributed by atoms with Crippen LogP contribution in [-0.4, -0.2) is 71.1 Å². The third-order valence-corrected chi connectivity index (χ3v) is 5.71. The van der Waals surface area contributed by atoms with Gasteiger partial charge in [0, 0.05) is 51.7 Å². The van der Waals surface area contributed by atoms with Gasteiger partial charge in [0.15, 0.2) is 5.96 Å². The van der Waals surface area contributed by atoms with Crippen molar-refractivity contribution in [1.82, 2.24) is 10.2 Å². The number of halogens is 1. The summed E-state index contributed by atoms with van der Waals surface area (Å²) in [6, 6.07) is 6.46. The Morgan fingerprint density at radius 3 is 2.42 bits per heavy atom. The fourth-order valence-electron chi connectivity index (χ4n) is 3.10. The summed E-state index contributed by atoms with van der Waals surface area (Å²) in [4.78, 5) is 9.00. The van der Waals surface area contributed by atoms with E-state index in [1.54, 1.807) is 7.05 Å². The van der Waals surface area contributed by atoms with Gasteiger partial charge in [-0.15, -0.1) is 24.0 Å². The topological polar surface area (TPSA) is 65.0 Å². The maximum absolute atomic E-state index is 11.2. The molecule has 1 aliphatic rings. The number of benzene rings is 1. The lowest BCUT2D eigenvalue weighted by Crippen LogP contribution is -2.52. The van der Waals surface area contributed by atoms with Crippen LogP contribution in [0.4, 0.5) is 5.69 Å². The molecule has 8 heteroatoms. The van der Waals surface area contributed by atoms with Gasteiger partial charge in [-0.25, -0.2) is 8.42 Å². The second-order valence-corrected chi connectivity index (χ2v) is 8.91. The summed E-state index contributed by atoms with van der Waals surface area (Å²) in [5.41, 5.74) is 3.98. The fraction of sp³-hybridized carbons (Fsp3) is 0.611. The van der Waals surface area contributed by atoms with Crippen LogP contribution in [0.1, 0.15) is 17.5 Å². The molecule has 6 nitrogen and oxygen atoms in total. The lowest BCUT2D eigenvalue weighted by molar-refractivity contribution is 0.372. The fourth-order valence-corrected chi connectivity index (χ4v) is 3.77. The highest BCUT2D eigenvalue weighted by molar-refractivity contribution is 14.0. The largest absolute Gasteiger partial charge is 0.368 e. The first-order chi connectivity index (χ1) is 11.8. The normalized spacial score (nSPS) is 15.6. The van der Waals surface area contributed by atoms with E-state index in [9.17, 15) is 8.42 Å². The summed E-state index contributed by atoms with van der Waals surface area (Å²) in [6.45, 7) is 8.66. The number of aryl methyl sites for hydroxylation is 1. The molecular formula is C18H31IN4O2S. The van der Waals surface area contributed by atoms with Crippen LogP contribution in [-0.2, 0) is 9.84 Å². The first-order valence-corrected chi connectivity index (χ1v) is 10.8. The molecule has 1 heterocycles. The van der Waals surface area contributed by atoms with Crippen molar-refractivity contribution >= 4 is 45.5 Å².